The van der Waals surface area contributed by atoms with E-state index in [4.69, 9.17) is 0 Å². The van der Waals surface area contributed by atoms with Gasteiger partial charge in [0, 0.05) is 24.3 Å². The number of nitrogens with zero attached hydrogens (tertiary/aromatic N) is 4. The molecule has 2 aromatic heterocycles. The molecule has 0 bridgehead atoms. The Bertz CT molecular complexity index is 464. The predicted octanol–water partition coefficient (Wildman–Crippen LogP) is -3.01. The fourth-order valence-corrected chi connectivity index (χ4v) is 2.03. The van der Waals surface area contributed by atoms with Crippen LogP contribution in [0, 0.1) is 0 Å². The molecule has 0 aliphatic rings. The first-order chi connectivity index (χ1) is 8.34. The maximum Gasteiger partial charge on any atom is 0.253 e. The molecule has 0 saturated heterocycles. The van der Waals surface area contributed by atoms with Crippen LogP contribution < -0.4 is 21.5 Å². The van der Waals surface area contributed by atoms with Crippen molar-refractivity contribution in [1.29, 1.82) is 0 Å². The van der Waals surface area contributed by atoms with E-state index < -0.39 is 0 Å². The minimum atomic E-state index is 0. The summed E-state index contributed by atoms with van der Waals surface area (Å²) in [5.41, 5.74) is 0. The Kier molecular flexibility index (Phi) is 6.51. The Morgan fingerprint density at radius 3 is 2.78 bits per heavy atom. The Balaban J connectivity index is 0.00000162. The summed E-state index contributed by atoms with van der Waals surface area (Å²) in [5.74, 6) is 1.31. The normalized spacial score (nSPS) is 9.78. The van der Waals surface area contributed by atoms with Crippen LogP contribution in [0.3, 0.4) is 0 Å². The van der Waals surface area contributed by atoms with E-state index in [9.17, 15) is 4.79 Å². The number of carbonyl (C=O) groups is 1. The molecule has 0 atom stereocenters. The van der Waals surface area contributed by atoms with Gasteiger partial charge in [0.05, 0.1) is 0 Å². The molecular formula is C10H12BrN5OS. The summed E-state index contributed by atoms with van der Waals surface area (Å²) in [6, 6.07) is 5.72. The number of aromatic amines is 1. The van der Waals surface area contributed by atoms with E-state index >= 15 is 0 Å². The predicted molar refractivity (Wildman–Crippen MR) is 62.0 cm³/mol. The molecule has 0 aromatic carbocycles. The average molecular weight is 330 g/mol. The van der Waals surface area contributed by atoms with Crippen molar-refractivity contribution in [2.45, 2.75) is 13.0 Å². The van der Waals surface area contributed by atoms with Crippen molar-refractivity contribution in [3.8, 4) is 0 Å². The molecule has 1 N–H and O–H groups in total. The first-order valence-electron chi connectivity index (χ1n) is 5.16. The monoisotopic (exact) mass is 329 g/mol. The fraction of sp³-hybridized carbons (Fsp3) is 0.300. The third-order valence-corrected chi connectivity index (χ3v) is 2.93. The molecule has 2 heterocycles. The number of hydrogen-bond donors (Lipinski definition) is 1. The Hall–Kier alpha value is -1.28. The van der Waals surface area contributed by atoms with Gasteiger partial charge in [0.15, 0.2) is 18.2 Å². The molecule has 96 valence electrons. The van der Waals surface area contributed by atoms with Gasteiger partial charge in [-0.15, -0.1) is 10.2 Å². The van der Waals surface area contributed by atoms with Crippen molar-refractivity contribution in [3.63, 3.8) is 0 Å². The van der Waals surface area contributed by atoms with Gasteiger partial charge in [-0.2, -0.15) is 9.78 Å². The Morgan fingerprint density at radius 1 is 1.33 bits per heavy atom. The van der Waals surface area contributed by atoms with E-state index in [2.05, 4.69) is 20.6 Å². The van der Waals surface area contributed by atoms with Crippen molar-refractivity contribution in [1.82, 2.24) is 20.6 Å². The number of halogens is 1. The van der Waals surface area contributed by atoms with Gasteiger partial charge in [-0.1, -0.05) is 23.0 Å². The van der Waals surface area contributed by atoms with E-state index in [-0.39, 0.29) is 22.1 Å². The van der Waals surface area contributed by atoms with Crippen LogP contribution in [0.1, 0.15) is 5.82 Å². The maximum atomic E-state index is 11.6. The highest BCUT2D eigenvalue weighted by molar-refractivity contribution is 8.13. The van der Waals surface area contributed by atoms with Crippen molar-refractivity contribution in [3.05, 3.63) is 36.4 Å². The van der Waals surface area contributed by atoms with Crippen molar-refractivity contribution in [2.75, 3.05) is 5.75 Å². The standard InChI is InChI=1S/C10H12N5OS.BrH/c16-10(8-15-5-2-1-3-6-15)17-7-4-9-11-13-14-12-9;/h1-3,5-6H,4,7-8H2,(H,11,12,13,14);1H/q+1;/p-1. The second-order valence-corrected chi connectivity index (χ2v) is 4.50. The minimum Gasteiger partial charge on any atom is -1.00 e. The lowest BCUT2D eigenvalue weighted by molar-refractivity contribution is -0.683. The van der Waals surface area contributed by atoms with Gasteiger partial charge in [-0.25, -0.2) is 0 Å². The number of H-pyrrole nitrogens is 1. The van der Waals surface area contributed by atoms with Crippen LogP contribution in [0.2, 0.25) is 0 Å². The van der Waals surface area contributed by atoms with E-state index in [1.165, 1.54) is 11.8 Å². The largest absolute Gasteiger partial charge is 1.00 e. The van der Waals surface area contributed by atoms with Gasteiger partial charge in [0.1, 0.15) is 0 Å². The minimum absolute atomic E-state index is 0. The maximum absolute atomic E-state index is 11.6. The van der Waals surface area contributed by atoms with E-state index in [1.54, 1.807) is 0 Å². The zero-order valence-electron chi connectivity index (χ0n) is 9.49. The second kappa shape index (κ2) is 7.93. The number of rotatable bonds is 5. The lowest BCUT2D eigenvalue weighted by Crippen LogP contribution is -3.00. The van der Waals surface area contributed by atoms with E-state index in [0.29, 0.717) is 24.5 Å². The molecule has 0 spiro atoms. The summed E-state index contributed by atoms with van der Waals surface area (Å²) >= 11 is 1.29. The number of aromatic nitrogens is 5. The molecule has 0 fully saturated rings. The highest BCUT2D eigenvalue weighted by Crippen LogP contribution is 2.04. The van der Waals surface area contributed by atoms with Crippen LogP contribution in [0.15, 0.2) is 30.6 Å². The zero-order chi connectivity index (χ0) is 11.9. The van der Waals surface area contributed by atoms with Gasteiger partial charge in [0.25, 0.3) is 5.12 Å². The average Bonchev–Trinajstić information content (AvgIpc) is 2.83. The lowest BCUT2D eigenvalue weighted by atomic mass is 10.5. The first kappa shape index (κ1) is 14.8. The number of hydrogen-bond acceptors (Lipinski definition) is 5. The summed E-state index contributed by atoms with van der Waals surface area (Å²) in [7, 11) is 0. The van der Waals surface area contributed by atoms with Crippen LogP contribution in [-0.4, -0.2) is 31.5 Å². The number of tetrazole rings is 1. The smallest absolute Gasteiger partial charge is 0.253 e. The van der Waals surface area contributed by atoms with Crippen molar-refractivity contribution >= 4 is 16.9 Å². The summed E-state index contributed by atoms with van der Waals surface area (Å²) in [6.45, 7) is 0.387. The number of carbonyl (C=O) groups excluding carboxylic acids is 1. The number of nitrogens with one attached hydrogen (secondary N) is 1. The summed E-state index contributed by atoms with van der Waals surface area (Å²) in [6.07, 6.45) is 4.39. The number of thioether (sulfide) groups is 1. The highest BCUT2D eigenvalue weighted by atomic mass is 79.9. The molecule has 0 unspecified atom stereocenters. The first-order valence-corrected chi connectivity index (χ1v) is 6.15. The van der Waals surface area contributed by atoms with Crippen LogP contribution >= 0.6 is 11.8 Å². The molecule has 0 aliphatic heterocycles. The molecule has 0 radical (unpaired) electrons. The third kappa shape index (κ3) is 4.92. The molecule has 0 saturated carbocycles. The van der Waals surface area contributed by atoms with Crippen LogP contribution in [0.4, 0.5) is 0 Å². The fourth-order valence-electron chi connectivity index (χ4n) is 1.28. The van der Waals surface area contributed by atoms with E-state index in [1.807, 2.05) is 35.2 Å². The molecule has 8 heteroatoms. The Morgan fingerprint density at radius 2 is 2.11 bits per heavy atom. The summed E-state index contributed by atoms with van der Waals surface area (Å²) in [5, 5.41) is 13.6. The third-order valence-electron chi connectivity index (χ3n) is 2.07. The van der Waals surface area contributed by atoms with Gasteiger partial charge in [0.2, 0.25) is 6.54 Å². The molecular weight excluding hydrogens is 318 g/mol. The lowest BCUT2D eigenvalue weighted by Gasteiger charge is -1.96. The highest BCUT2D eigenvalue weighted by Gasteiger charge is 2.09. The van der Waals surface area contributed by atoms with Crippen molar-refractivity contribution in [2.24, 2.45) is 0 Å². The number of pyridine rings is 1. The molecule has 18 heavy (non-hydrogen) atoms. The van der Waals surface area contributed by atoms with Gasteiger partial charge < -0.3 is 17.0 Å². The molecule has 6 nitrogen and oxygen atoms in total. The molecule has 0 aliphatic carbocycles. The van der Waals surface area contributed by atoms with E-state index in [0.717, 1.165) is 0 Å². The number of aryl methyl sites for hydroxylation is 1. The van der Waals surface area contributed by atoms with Crippen LogP contribution in [0.25, 0.3) is 0 Å². The van der Waals surface area contributed by atoms with Crippen LogP contribution in [0.5, 0.6) is 0 Å². The molecule has 2 rings (SSSR count). The zero-order valence-corrected chi connectivity index (χ0v) is 11.9. The second-order valence-electron chi connectivity index (χ2n) is 3.35. The SMILES string of the molecule is O=C(C[n+]1ccccc1)SCCc1nn[nH]n1.[Br-]. The van der Waals surface area contributed by atoms with Crippen LogP contribution in [-0.2, 0) is 17.8 Å². The van der Waals surface area contributed by atoms with Gasteiger partial charge in [-0.05, 0) is 0 Å². The Labute approximate surface area is 119 Å². The quantitative estimate of drug-likeness (QED) is 0.591. The summed E-state index contributed by atoms with van der Waals surface area (Å²) in [4.78, 5) is 11.6. The topological polar surface area (TPSA) is 75.4 Å². The van der Waals surface area contributed by atoms with Gasteiger partial charge in [-0.3, -0.25) is 4.79 Å². The molecule has 0 amide bonds. The summed E-state index contributed by atoms with van der Waals surface area (Å²) < 4.78 is 1.85. The van der Waals surface area contributed by atoms with Crippen molar-refractivity contribution < 1.29 is 26.3 Å². The van der Waals surface area contributed by atoms with Gasteiger partial charge >= 0.3 is 0 Å². The molecule has 2 aromatic rings.